The fourth-order valence-electron chi connectivity index (χ4n) is 1.12. The fraction of sp³-hybridized carbons (Fsp3) is 0.455. The first-order valence-electron chi connectivity index (χ1n) is 5.53. The lowest BCUT2D eigenvalue weighted by Gasteiger charge is -2.18. The number of amides is 1. The normalized spacial score (nSPS) is 11.9. The van der Waals surface area contributed by atoms with Gasteiger partial charge in [-0.2, -0.15) is 4.98 Å². The molecule has 0 saturated carbocycles. The number of oxazole rings is 1. The summed E-state index contributed by atoms with van der Waals surface area (Å²) in [6, 6.07) is -0.209. The van der Waals surface area contributed by atoms with Gasteiger partial charge in [-0.1, -0.05) is 5.16 Å². The van der Waals surface area contributed by atoms with Crippen LogP contribution >= 0.6 is 0 Å². The van der Waals surface area contributed by atoms with Gasteiger partial charge in [0.25, 0.3) is 0 Å². The molecule has 9 nitrogen and oxygen atoms in total. The van der Waals surface area contributed by atoms with Crippen molar-refractivity contribution in [3.63, 3.8) is 0 Å². The van der Waals surface area contributed by atoms with E-state index < -0.39 is 23.4 Å². The SMILES string of the molecule is CON=C(C(=O)O)c1coc(NC(=O)OC(C)(C)C)n1. The van der Waals surface area contributed by atoms with Crippen molar-refractivity contribution in [3.8, 4) is 0 Å². The maximum atomic E-state index is 11.5. The first-order valence-corrected chi connectivity index (χ1v) is 5.53. The highest BCUT2D eigenvalue weighted by Crippen LogP contribution is 2.12. The Morgan fingerprint density at radius 2 is 2.10 bits per heavy atom. The highest BCUT2D eigenvalue weighted by Gasteiger charge is 2.21. The second-order valence-electron chi connectivity index (χ2n) is 4.59. The third-order valence-corrected chi connectivity index (χ3v) is 1.74. The lowest BCUT2D eigenvalue weighted by atomic mass is 10.2. The number of oxime groups is 1. The lowest BCUT2D eigenvalue weighted by molar-refractivity contribution is -0.129. The Kier molecular flexibility index (Phi) is 4.68. The molecule has 0 aliphatic heterocycles. The number of carbonyl (C=O) groups excluding carboxylic acids is 1. The molecule has 0 aliphatic carbocycles. The van der Waals surface area contributed by atoms with Gasteiger partial charge >= 0.3 is 18.1 Å². The quantitative estimate of drug-likeness (QED) is 0.633. The molecule has 1 amide bonds. The van der Waals surface area contributed by atoms with Crippen LogP contribution in [0.5, 0.6) is 0 Å². The van der Waals surface area contributed by atoms with E-state index in [0.717, 1.165) is 6.26 Å². The number of carboxylic acids is 1. The molecular weight excluding hydrogens is 270 g/mol. The van der Waals surface area contributed by atoms with E-state index in [1.54, 1.807) is 20.8 Å². The molecule has 0 aromatic carbocycles. The smallest absolute Gasteiger partial charge is 0.415 e. The summed E-state index contributed by atoms with van der Waals surface area (Å²) in [4.78, 5) is 30.5. The molecule has 0 fully saturated rings. The Balaban J connectivity index is 2.80. The van der Waals surface area contributed by atoms with Crippen molar-refractivity contribution < 1.29 is 28.7 Å². The van der Waals surface area contributed by atoms with Gasteiger partial charge in [0.05, 0.1) is 0 Å². The zero-order valence-corrected chi connectivity index (χ0v) is 11.5. The first-order chi connectivity index (χ1) is 9.23. The van der Waals surface area contributed by atoms with Crippen molar-refractivity contribution in [1.82, 2.24) is 4.98 Å². The molecule has 9 heteroatoms. The molecule has 2 N–H and O–H groups in total. The van der Waals surface area contributed by atoms with E-state index in [9.17, 15) is 9.59 Å². The topological polar surface area (TPSA) is 123 Å². The minimum absolute atomic E-state index is 0.0922. The monoisotopic (exact) mass is 285 g/mol. The van der Waals surface area contributed by atoms with Crippen molar-refractivity contribution >= 4 is 23.8 Å². The fourth-order valence-corrected chi connectivity index (χ4v) is 1.12. The van der Waals surface area contributed by atoms with Crippen LogP contribution in [0.3, 0.4) is 0 Å². The van der Waals surface area contributed by atoms with E-state index in [1.807, 2.05) is 0 Å². The average molecular weight is 285 g/mol. The van der Waals surface area contributed by atoms with Crippen LogP contribution < -0.4 is 5.32 Å². The predicted octanol–water partition coefficient (Wildman–Crippen LogP) is 1.46. The van der Waals surface area contributed by atoms with E-state index in [4.69, 9.17) is 14.3 Å². The van der Waals surface area contributed by atoms with Crippen LogP contribution in [-0.4, -0.2) is 40.6 Å². The van der Waals surface area contributed by atoms with Gasteiger partial charge < -0.3 is 19.1 Å². The molecule has 1 aromatic rings. The second-order valence-corrected chi connectivity index (χ2v) is 4.59. The third kappa shape index (κ3) is 4.59. The van der Waals surface area contributed by atoms with Gasteiger partial charge in [0.2, 0.25) is 5.71 Å². The molecule has 0 aliphatic rings. The Bertz CT molecular complexity index is 529. The van der Waals surface area contributed by atoms with Crippen molar-refractivity contribution in [2.45, 2.75) is 26.4 Å². The zero-order chi connectivity index (χ0) is 15.3. The number of anilines is 1. The summed E-state index contributed by atoms with van der Waals surface area (Å²) in [5.41, 5.74) is -1.22. The van der Waals surface area contributed by atoms with Crippen molar-refractivity contribution in [1.29, 1.82) is 0 Å². The summed E-state index contributed by atoms with van der Waals surface area (Å²) in [6.07, 6.45) is 0.255. The van der Waals surface area contributed by atoms with Gasteiger partial charge in [-0.25, -0.2) is 14.9 Å². The number of hydrogen-bond acceptors (Lipinski definition) is 7. The van der Waals surface area contributed by atoms with Gasteiger partial charge in [0.15, 0.2) is 0 Å². The molecule has 0 atom stereocenters. The van der Waals surface area contributed by atoms with Crippen LogP contribution in [0.2, 0.25) is 0 Å². The van der Waals surface area contributed by atoms with E-state index >= 15 is 0 Å². The Morgan fingerprint density at radius 3 is 2.60 bits per heavy atom. The highest BCUT2D eigenvalue weighted by atomic mass is 16.6. The number of aromatic nitrogens is 1. The lowest BCUT2D eigenvalue weighted by Crippen LogP contribution is -2.27. The molecule has 0 unspecified atom stereocenters. The molecule has 0 radical (unpaired) electrons. The van der Waals surface area contributed by atoms with Gasteiger partial charge in [-0.15, -0.1) is 0 Å². The molecule has 0 spiro atoms. The van der Waals surface area contributed by atoms with E-state index in [-0.39, 0.29) is 11.7 Å². The number of carbonyl (C=O) groups is 2. The highest BCUT2D eigenvalue weighted by molar-refractivity contribution is 6.41. The number of hydrogen-bond donors (Lipinski definition) is 2. The van der Waals surface area contributed by atoms with Crippen molar-refractivity contribution in [3.05, 3.63) is 12.0 Å². The second kappa shape index (κ2) is 6.04. The maximum Gasteiger partial charge on any atom is 0.415 e. The molecule has 0 saturated heterocycles. The van der Waals surface area contributed by atoms with Crippen LogP contribution in [0.4, 0.5) is 10.8 Å². The Morgan fingerprint density at radius 1 is 1.45 bits per heavy atom. The summed E-state index contributed by atoms with van der Waals surface area (Å²) in [5, 5.41) is 14.4. The maximum absolute atomic E-state index is 11.5. The molecule has 1 rings (SSSR count). The average Bonchev–Trinajstić information content (AvgIpc) is 2.70. The third-order valence-electron chi connectivity index (χ3n) is 1.74. The number of nitrogens with zero attached hydrogens (tertiary/aromatic N) is 2. The standard InChI is InChI=1S/C11H15N3O6/c1-11(2,3)20-10(17)13-9-12-6(5-19-9)7(8(15)16)14-18-4/h5H,1-4H3,(H,15,16)(H,12,13,17). The molecule has 1 heterocycles. The van der Waals surface area contributed by atoms with Gasteiger partial charge in [-0.05, 0) is 20.8 Å². The minimum atomic E-state index is -1.34. The van der Waals surface area contributed by atoms with Crippen molar-refractivity contribution in [2.24, 2.45) is 5.16 Å². The van der Waals surface area contributed by atoms with Gasteiger partial charge in [0, 0.05) is 0 Å². The predicted molar refractivity (Wildman–Crippen MR) is 67.5 cm³/mol. The van der Waals surface area contributed by atoms with Crippen LogP contribution in [0.25, 0.3) is 0 Å². The molecule has 1 aromatic heterocycles. The van der Waals surface area contributed by atoms with Crippen LogP contribution in [0, 0.1) is 0 Å². The van der Waals surface area contributed by atoms with Crippen LogP contribution in [-0.2, 0) is 14.4 Å². The summed E-state index contributed by atoms with van der Waals surface area (Å²) < 4.78 is 9.89. The summed E-state index contributed by atoms with van der Waals surface area (Å²) in [7, 11) is 1.20. The van der Waals surface area contributed by atoms with Crippen LogP contribution in [0.15, 0.2) is 15.8 Å². The Labute approximate surface area is 114 Å². The largest absolute Gasteiger partial charge is 0.476 e. The van der Waals surface area contributed by atoms with E-state index in [0.29, 0.717) is 0 Å². The molecular formula is C11H15N3O6. The Hall–Kier alpha value is -2.58. The molecule has 0 bridgehead atoms. The zero-order valence-electron chi connectivity index (χ0n) is 11.5. The van der Waals surface area contributed by atoms with E-state index in [1.165, 1.54) is 7.11 Å². The van der Waals surface area contributed by atoms with Gasteiger partial charge in [-0.3, -0.25) is 0 Å². The molecule has 20 heavy (non-hydrogen) atoms. The number of carboxylic acid groups (broad SMARTS) is 1. The van der Waals surface area contributed by atoms with E-state index in [2.05, 4.69) is 20.3 Å². The number of nitrogens with one attached hydrogen (secondary N) is 1. The summed E-state index contributed by atoms with van der Waals surface area (Å²) in [6.45, 7) is 5.09. The molecule has 110 valence electrons. The first kappa shape index (κ1) is 15.5. The van der Waals surface area contributed by atoms with Gasteiger partial charge in [0.1, 0.15) is 24.7 Å². The summed E-state index contributed by atoms with van der Waals surface area (Å²) >= 11 is 0. The number of rotatable bonds is 4. The minimum Gasteiger partial charge on any atom is -0.476 e. The number of ether oxygens (including phenoxy) is 1. The number of aliphatic carboxylic acids is 1. The van der Waals surface area contributed by atoms with Crippen LogP contribution in [0.1, 0.15) is 26.5 Å². The van der Waals surface area contributed by atoms with Crippen molar-refractivity contribution in [2.75, 3.05) is 12.4 Å². The summed E-state index contributed by atoms with van der Waals surface area (Å²) in [5.74, 6) is -1.34.